The molecule has 1 rings (SSSR count). The molecule has 20 heavy (non-hydrogen) atoms. The van der Waals surface area contributed by atoms with Crippen molar-refractivity contribution in [3.63, 3.8) is 0 Å². The van der Waals surface area contributed by atoms with Gasteiger partial charge in [-0.15, -0.1) is 0 Å². The molecule has 0 saturated carbocycles. The summed E-state index contributed by atoms with van der Waals surface area (Å²) >= 11 is 0. The summed E-state index contributed by atoms with van der Waals surface area (Å²) in [5, 5.41) is 11.9. The largest absolute Gasteiger partial charge is 0.497 e. The first-order chi connectivity index (χ1) is 9.46. The van der Waals surface area contributed by atoms with Crippen LogP contribution in [-0.2, 0) is 11.2 Å². The Morgan fingerprint density at radius 1 is 1.30 bits per heavy atom. The van der Waals surface area contributed by atoms with Gasteiger partial charge in [-0.1, -0.05) is 26.0 Å². The summed E-state index contributed by atoms with van der Waals surface area (Å²) in [6, 6.07) is 7.75. The molecule has 0 spiro atoms. The highest BCUT2D eigenvalue weighted by Gasteiger charge is 2.17. The summed E-state index contributed by atoms with van der Waals surface area (Å²) in [5.41, 5.74) is 1.06. The Hall–Kier alpha value is -1.55. The third-order valence-electron chi connectivity index (χ3n) is 3.35. The van der Waals surface area contributed by atoms with Crippen LogP contribution >= 0.6 is 0 Å². The first-order valence-corrected chi connectivity index (χ1v) is 6.97. The summed E-state index contributed by atoms with van der Waals surface area (Å²) in [6.07, 6.45) is 1.88. The Bertz CT molecular complexity index is 412. The molecule has 0 saturated heterocycles. The molecule has 1 aromatic rings. The Balaban J connectivity index is 2.32. The van der Waals surface area contributed by atoms with E-state index in [0.717, 1.165) is 17.7 Å². The molecule has 0 radical (unpaired) electrons. The zero-order chi connectivity index (χ0) is 15.0. The highest BCUT2D eigenvalue weighted by atomic mass is 16.5. The van der Waals surface area contributed by atoms with Gasteiger partial charge >= 0.3 is 0 Å². The van der Waals surface area contributed by atoms with Crippen molar-refractivity contribution < 1.29 is 14.6 Å². The van der Waals surface area contributed by atoms with Gasteiger partial charge in [0.2, 0.25) is 5.91 Å². The van der Waals surface area contributed by atoms with E-state index in [4.69, 9.17) is 9.84 Å². The van der Waals surface area contributed by atoms with E-state index in [1.807, 2.05) is 38.1 Å². The minimum Gasteiger partial charge on any atom is -0.497 e. The summed E-state index contributed by atoms with van der Waals surface area (Å²) in [5.74, 6) is 0.871. The van der Waals surface area contributed by atoms with Crippen molar-refractivity contribution in [2.45, 2.75) is 33.1 Å². The molecule has 0 atom stereocenters. The summed E-state index contributed by atoms with van der Waals surface area (Å²) in [6.45, 7) is 4.81. The van der Waals surface area contributed by atoms with E-state index in [2.05, 4.69) is 5.32 Å². The molecule has 4 heteroatoms. The van der Waals surface area contributed by atoms with Gasteiger partial charge in [-0.25, -0.2) is 0 Å². The number of aliphatic hydroxyl groups excluding tert-OH is 1. The van der Waals surface area contributed by atoms with Gasteiger partial charge in [-0.3, -0.25) is 4.79 Å². The average Bonchev–Trinajstić information content (AvgIpc) is 2.43. The highest BCUT2D eigenvalue weighted by molar-refractivity contribution is 5.76. The molecule has 0 aliphatic heterocycles. The van der Waals surface area contributed by atoms with Crippen molar-refractivity contribution >= 4 is 5.91 Å². The van der Waals surface area contributed by atoms with Crippen LogP contribution < -0.4 is 10.1 Å². The number of methoxy groups -OCH3 is 1. The number of hydrogen-bond acceptors (Lipinski definition) is 3. The van der Waals surface area contributed by atoms with Gasteiger partial charge in [-0.05, 0) is 36.0 Å². The van der Waals surface area contributed by atoms with Crippen molar-refractivity contribution in [3.8, 4) is 5.75 Å². The van der Waals surface area contributed by atoms with Crippen molar-refractivity contribution in [2.75, 3.05) is 20.3 Å². The smallest absolute Gasteiger partial charge is 0.220 e. The molecule has 0 heterocycles. The van der Waals surface area contributed by atoms with Crippen LogP contribution in [0.2, 0.25) is 0 Å². The number of benzene rings is 1. The quantitative estimate of drug-likeness (QED) is 0.766. The molecular formula is C16H25NO3. The molecule has 0 aliphatic carbocycles. The van der Waals surface area contributed by atoms with Crippen LogP contribution in [0.3, 0.4) is 0 Å². The molecule has 0 bridgehead atoms. The molecule has 4 nitrogen and oxygen atoms in total. The Morgan fingerprint density at radius 3 is 2.50 bits per heavy atom. The van der Waals surface area contributed by atoms with E-state index in [1.54, 1.807) is 7.11 Å². The van der Waals surface area contributed by atoms with Crippen molar-refractivity contribution in [1.29, 1.82) is 0 Å². The lowest BCUT2D eigenvalue weighted by atomic mass is 9.90. The molecule has 1 amide bonds. The lowest BCUT2D eigenvalue weighted by molar-refractivity contribution is -0.121. The van der Waals surface area contributed by atoms with E-state index in [0.29, 0.717) is 19.4 Å². The average molecular weight is 279 g/mol. The number of ether oxygens (including phenoxy) is 1. The lowest BCUT2D eigenvalue weighted by Crippen LogP contribution is -2.34. The standard InChI is InChI=1S/C16H25NO3/c1-16(2,10-11-18)12-17-15(19)9-6-13-4-7-14(20-3)8-5-13/h4-5,7-8,18H,6,9-12H2,1-3H3,(H,17,19). The lowest BCUT2D eigenvalue weighted by Gasteiger charge is -2.23. The fourth-order valence-corrected chi connectivity index (χ4v) is 1.87. The Kier molecular flexibility index (Phi) is 6.52. The van der Waals surface area contributed by atoms with Gasteiger partial charge in [-0.2, -0.15) is 0 Å². The van der Waals surface area contributed by atoms with Crippen LogP contribution in [0, 0.1) is 5.41 Å². The van der Waals surface area contributed by atoms with Crippen molar-refractivity contribution in [2.24, 2.45) is 5.41 Å². The minimum atomic E-state index is -0.0650. The minimum absolute atomic E-state index is 0.0480. The van der Waals surface area contributed by atoms with Gasteiger partial charge in [0.1, 0.15) is 5.75 Å². The second kappa shape index (κ2) is 7.90. The van der Waals surface area contributed by atoms with Gasteiger partial charge in [0.15, 0.2) is 0 Å². The highest BCUT2D eigenvalue weighted by Crippen LogP contribution is 2.18. The normalized spacial score (nSPS) is 11.2. The molecule has 2 N–H and O–H groups in total. The monoisotopic (exact) mass is 279 g/mol. The zero-order valence-electron chi connectivity index (χ0n) is 12.6. The maximum Gasteiger partial charge on any atom is 0.220 e. The van der Waals surface area contributed by atoms with E-state index in [1.165, 1.54) is 0 Å². The topological polar surface area (TPSA) is 58.6 Å². The first kappa shape index (κ1) is 16.5. The number of rotatable bonds is 8. The summed E-state index contributed by atoms with van der Waals surface area (Å²) in [4.78, 5) is 11.8. The second-order valence-corrected chi connectivity index (χ2v) is 5.76. The first-order valence-electron chi connectivity index (χ1n) is 6.97. The van der Waals surface area contributed by atoms with Gasteiger partial charge in [0.05, 0.1) is 7.11 Å². The molecular weight excluding hydrogens is 254 g/mol. The third kappa shape index (κ3) is 6.06. The van der Waals surface area contributed by atoms with Crippen LogP contribution in [0.25, 0.3) is 0 Å². The molecule has 0 aromatic heterocycles. The number of nitrogens with one attached hydrogen (secondary N) is 1. The number of hydrogen-bond donors (Lipinski definition) is 2. The third-order valence-corrected chi connectivity index (χ3v) is 3.35. The maximum atomic E-state index is 11.8. The number of carbonyl (C=O) groups excluding carboxylic acids is 1. The molecule has 0 aliphatic rings. The molecule has 1 aromatic carbocycles. The zero-order valence-corrected chi connectivity index (χ0v) is 12.6. The predicted molar refractivity (Wildman–Crippen MR) is 79.8 cm³/mol. The maximum absolute atomic E-state index is 11.8. The molecule has 112 valence electrons. The Morgan fingerprint density at radius 2 is 1.95 bits per heavy atom. The van der Waals surface area contributed by atoms with Gasteiger partial charge in [0, 0.05) is 19.6 Å². The summed E-state index contributed by atoms with van der Waals surface area (Å²) < 4.78 is 5.09. The van der Waals surface area contributed by atoms with E-state index in [-0.39, 0.29) is 17.9 Å². The SMILES string of the molecule is COc1ccc(CCC(=O)NCC(C)(C)CCO)cc1. The van der Waals surface area contributed by atoms with E-state index in [9.17, 15) is 4.79 Å². The molecule has 0 unspecified atom stereocenters. The van der Waals surface area contributed by atoms with E-state index >= 15 is 0 Å². The number of aliphatic hydroxyl groups is 1. The fraction of sp³-hybridized carbons (Fsp3) is 0.562. The number of carbonyl (C=O) groups is 1. The van der Waals surface area contributed by atoms with Crippen LogP contribution in [0.1, 0.15) is 32.3 Å². The van der Waals surface area contributed by atoms with Gasteiger partial charge in [0.25, 0.3) is 0 Å². The fourth-order valence-electron chi connectivity index (χ4n) is 1.87. The second-order valence-electron chi connectivity index (χ2n) is 5.76. The van der Waals surface area contributed by atoms with Crippen LogP contribution in [0.5, 0.6) is 5.75 Å². The van der Waals surface area contributed by atoms with Crippen LogP contribution in [0.4, 0.5) is 0 Å². The summed E-state index contributed by atoms with van der Waals surface area (Å²) in [7, 11) is 1.64. The predicted octanol–water partition coefficient (Wildman–Crippen LogP) is 2.15. The van der Waals surface area contributed by atoms with E-state index < -0.39 is 0 Å². The van der Waals surface area contributed by atoms with Gasteiger partial charge < -0.3 is 15.2 Å². The number of amides is 1. The van der Waals surface area contributed by atoms with Crippen molar-refractivity contribution in [1.82, 2.24) is 5.32 Å². The van der Waals surface area contributed by atoms with Crippen molar-refractivity contribution in [3.05, 3.63) is 29.8 Å². The molecule has 0 fully saturated rings. The van der Waals surface area contributed by atoms with Crippen LogP contribution in [0.15, 0.2) is 24.3 Å². The van der Waals surface area contributed by atoms with Crippen LogP contribution in [-0.4, -0.2) is 31.3 Å². The Labute approximate surface area is 121 Å². The number of aryl methyl sites for hydroxylation is 1.